The number of carbonyl (C=O) groups excluding carboxylic acids is 2. The Hall–Kier alpha value is -3.61. The van der Waals surface area contributed by atoms with E-state index in [1.165, 1.54) is 0 Å². The number of ether oxygens (including phenoxy) is 1. The number of anilines is 1. The van der Waals surface area contributed by atoms with Gasteiger partial charge in [-0.25, -0.2) is 4.68 Å². The average Bonchev–Trinajstić information content (AvgIpc) is 3.02. The van der Waals surface area contributed by atoms with Crippen LogP contribution in [0.3, 0.4) is 0 Å². The topological polar surface area (TPSA) is 76.5 Å². The van der Waals surface area contributed by atoms with Crippen molar-refractivity contribution in [3.8, 4) is 11.4 Å². The number of benzene rings is 2. The van der Waals surface area contributed by atoms with E-state index in [0.717, 1.165) is 5.69 Å². The molecular weight excluding hydrogens is 356 g/mol. The number of methoxy groups -OCH3 is 1. The van der Waals surface area contributed by atoms with E-state index >= 15 is 0 Å². The number of nitrogens with zero attached hydrogens (tertiary/aromatic N) is 3. The molecule has 7 nitrogen and oxygen atoms in total. The van der Waals surface area contributed by atoms with Crippen molar-refractivity contribution < 1.29 is 14.3 Å². The zero-order chi connectivity index (χ0) is 19.7. The maximum atomic E-state index is 13.3. The molecule has 0 atom stereocenters. The van der Waals surface area contributed by atoms with Gasteiger partial charge in [-0.2, -0.15) is 5.10 Å². The molecule has 0 aliphatic carbocycles. The maximum absolute atomic E-state index is 13.3. The number of amides is 2. The second kappa shape index (κ2) is 7.19. The Morgan fingerprint density at radius 3 is 2.61 bits per heavy atom. The summed E-state index contributed by atoms with van der Waals surface area (Å²) in [4.78, 5) is 27.2. The average molecular weight is 376 g/mol. The van der Waals surface area contributed by atoms with E-state index in [9.17, 15) is 9.59 Å². The lowest BCUT2D eigenvalue weighted by atomic mass is 10.1. The minimum absolute atomic E-state index is 0.174. The summed E-state index contributed by atoms with van der Waals surface area (Å²) in [6.07, 6.45) is 1.56. The molecule has 0 unspecified atom stereocenters. The van der Waals surface area contributed by atoms with E-state index in [1.807, 2.05) is 37.3 Å². The normalized spacial score (nSPS) is 13.5. The highest BCUT2D eigenvalue weighted by Crippen LogP contribution is 2.27. The summed E-state index contributed by atoms with van der Waals surface area (Å²) >= 11 is 0. The van der Waals surface area contributed by atoms with Crippen LogP contribution in [0, 0.1) is 6.92 Å². The fourth-order valence-corrected chi connectivity index (χ4v) is 3.42. The quantitative estimate of drug-likeness (QED) is 0.762. The molecule has 1 aliphatic heterocycles. The summed E-state index contributed by atoms with van der Waals surface area (Å²) in [6.45, 7) is 2.62. The molecule has 0 radical (unpaired) electrons. The molecule has 4 rings (SSSR count). The van der Waals surface area contributed by atoms with Crippen molar-refractivity contribution in [1.29, 1.82) is 0 Å². The molecule has 0 saturated carbocycles. The third-order valence-electron chi connectivity index (χ3n) is 4.86. The van der Waals surface area contributed by atoms with Crippen LogP contribution in [0.5, 0.6) is 5.75 Å². The lowest BCUT2D eigenvalue weighted by Gasteiger charge is -2.21. The number of hydrogen-bond acceptors (Lipinski definition) is 4. The van der Waals surface area contributed by atoms with Gasteiger partial charge in [0, 0.05) is 13.1 Å². The van der Waals surface area contributed by atoms with E-state index in [0.29, 0.717) is 41.3 Å². The first kappa shape index (κ1) is 17.8. The summed E-state index contributed by atoms with van der Waals surface area (Å²) in [5.41, 5.74) is 3.04. The van der Waals surface area contributed by atoms with Crippen LogP contribution in [-0.4, -0.2) is 41.8 Å². The number of aromatic nitrogens is 2. The minimum atomic E-state index is -0.192. The number of carbonyl (C=O) groups is 2. The van der Waals surface area contributed by atoms with E-state index in [2.05, 4.69) is 10.4 Å². The van der Waals surface area contributed by atoms with E-state index in [-0.39, 0.29) is 11.8 Å². The van der Waals surface area contributed by atoms with Crippen LogP contribution in [-0.2, 0) is 0 Å². The van der Waals surface area contributed by atoms with Crippen molar-refractivity contribution in [3.05, 3.63) is 71.5 Å². The number of hydrogen-bond donors (Lipinski definition) is 1. The van der Waals surface area contributed by atoms with Crippen molar-refractivity contribution >= 4 is 17.5 Å². The van der Waals surface area contributed by atoms with Crippen molar-refractivity contribution in [2.24, 2.45) is 0 Å². The number of fused-ring (bicyclic) bond motifs is 1. The zero-order valence-corrected chi connectivity index (χ0v) is 15.7. The molecule has 0 fully saturated rings. The minimum Gasteiger partial charge on any atom is -0.494 e. The lowest BCUT2D eigenvalue weighted by Crippen LogP contribution is -2.35. The van der Waals surface area contributed by atoms with E-state index < -0.39 is 0 Å². The SMILES string of the molecule is COc1ccccc1-n1ncc(C(=O)N2CCNC(=O)c3ccccc32)c1C. The molecule has 7 heteroatoms. The predicted molar refractivity (Wildman–Crippen MR) is 105 cm³/mol. The number of rotatable bonds is 3. The Morgan fingerprint density at radius 1 is 1.11 bits per heavy atom. The zero-order valence-electron chi connectivity index (χ0n) is 15.7. The molecule has 3 aromatic rings. The fraction of sp³-hybridized carbons (Fsp3) is 0.190. The van der Waals surface area contributed by atoms with Crippen molar-refractivity contribution in [1.82, 2.24) is 15.1 Å². The molecule has 0 saturated heterocycles. The van der Waals surface area contributed by atoms with Gasteiger partial charge in [0.1, 0.15) is 11.4 Å². The third kappa shape index (κ3) is 2.90. The summed E-state index contributed by atoms with van der Waals surface area (Å²) in [6, 6.07) is 14.6. The van der Waals surface area contributed by atoms with Crippen LogP contribution in [0.15, 0.2) is 54.7 Å². The molecule has 1 aromatic heterocycles. The molecule has 0 spiro atoms. The molecule has 1 aliphatic rings. The summed E-state index contributed by atoms with van der Waals surface area (Å²) < 4.78 is 7.11. The van der Waals surface area contributed by atoms with Gasteiger partial charge >= 0.3 is 0 Å². The lowest BCUT2D eigenvalue weighted by molar-refractivity contribution is 0.0953. The summed E-state index contributed by atoms with van der Waals surface area (Å²) in [5.74, 6) is 0.303. The van der Waals surface area contributed by atoms with Gasteiger partial charge in [-0.15, -0.1) is 0 Å². The molecule has 2 heterocycles. The van der Waals surface area contributed by atoms with E-state index in [1.54, 1.807) is 41.1 Å². The smallest absolute Gasteiger partial charge is 0.261 e. The van der Waals surface area contributed by atoms with Crippen LogP contribution in [0.25, 0.3) is 5.69 Å². The van der Waals surface area contributed by atoms with Crippen LogP contribution < -0.4 is 15.0 Å². The highest BCUT2D eigenvalue weighted by atomic mass is 16.5. The van der Waals surface area contributed by atoms with Gasteiger partial charge < -0.3 is 15.0 Å². The summed E-state index contributed by atoms with van der Waals surface area (Å²) in [7, 11) is 1.60. The van der Waals surface area contributed by atoms with E-state index in [4.69, 9.17) is 4.74 Å². The molecule has 28 heavy (non-hydrogen) atoms. The fourth-order valence-electron chi connectivity index (χ4n) is 3.42. The van der Waals surface area contributed by atoms with Gasteiger partial charge in [0.25, 0.3) is 11.8 Å². The highest BCUT2D eigenvalue weighted by molar-refractivity contribution is 6.11. The molecule has 2 amide bonds. The van der Waals surface area contributed by atoms with Crippen molar-refractivity contribution in [3.63, 3.8) is 0 Å². The Labute approximate surface area is 162 Å². The Kier molecular flexibility index (Phi) is 4.57. The van der Waals surface area contributed by atoms with Gasteiger partial charge in [-0.1, -0.05) is 24.3 Å². The number of para-hydroxylation sites is 3. The molecule has 0 bridgehead atoms. The number of nitrogens with one attached hydrogen (secondary N) is 1. The standard InChI is InChI=1S/C21H20N4O3/c1-14-16(13-23-25(14)18-9-5-6-10-19(18)28-2)21(27)24-12-11-22-20(26)15-7-3-4-8-17(15)24/h3-10,13H,11-12H2,1-2H3,(H,22,26). The van der Waals surface area contributed by atoms with Gasteiger partial charge in [-0.05, 0) is 31.2 Å². The largest absolute Gasteiger partial charge is 0.494 e. The Morgan fingerprint density at radius 2 is 1.82 bits per heavy atom. The van der Waals surface area contributed by atoms with Gasteiger partial charge in [0.15, 0.2) is 0 Å². The Bertz CT molecular complexity index is 1060. The van der Waals surface area contributed by atoms with Crippen LogP contribution in [0.2, 0.25) is 0 Å². The highest BCUT2D eigenvalue weighted by Gasteiger charge is 2.28. The maximum Gasteiger partial charge on any atom is 0.261 e. The second-order valence-corrected chi connectivity index (χ2v) is 6.46. The summed E-state index contributed by atoms with van der Waals surface area (Å²) in [5, 5.41) is 7.24. The van der Waals surface area contributed by atoms with Crippen LogP contribution >= 0.6 is 0 Å². The predicted octanol–water partition coefficient (Wildman–Crippen LogP) is 2.58. The molecule has 1 N–H and O–H groups in total. The molecular formula is C21H20N4O3. The van der Waals surface area contributed by atoms with Gasteiger partial charge in [-0.3, -0.25) is 9.59 Å². The first-order valence-electron chi connectivity index (χ1n) is 8.99. The van der Waals surface area contributed by atoms with Gasteiger partial charge in [0.05, 0.1) is 35.8 Å². The van der Waals surface area contributed by atoms with Crippen molar-refractivity contribution in [2.45, 2.75) is 6.92 Å². The molecule has 2 aromatic carbocycles. The monoisotopic (exact) mass is 376 g/mol. The van der Waals surface area contributed by atoms with Crippen LogP contribution in [0.4, 0.5) is 5.69 Å². The van der Waals surface area contributed by atoms with Gasteiger partial charge in [0.2, 0.25) is 0 Å². The molecule has 142 valence electrons. The Balaban J connectivity index is 1.75. The first-order valence-corrected chi connectivity index (χ1v) is 8.99. The van der Waals surface area contributed by atoms with Crippen LogP contribution in [0.1, 0.15) is 26.4 Å². The van der Waals surface area contributed by atoms with Crippen molar-refractivity contribution in [2.75, 3.05) is 25.1 Å². The second-order valence-electron chi connectivity index (χ2n) is 6.46. The third-order valence-corrected chi connectivity index (χ3v) is 4.86. The first-order chi connectivity index (χ1) is 13.6.